The molecule has 19 heavy (non-hydrogen) atoms. The second-order valence-electron chi connectivity index (χ2n) is 4.07. The third kappa shape index (κ3) is 3.42. The Balaban J connectivity index is 2.16. The highest BCUT2D eigenvalue weighted by atomic mass is 35.5. The number of halogens is 1. The van der Waals surface area contributed by atoms with Gasteiger partial charge < -0.3 is 5.32 Å². The molecule has 0 radical (unpaired) electrons. The molecule has 1 aromatic heterocycles. The fraction of sp³-hybridized carbons (Fsp3) is 0.154. The summed E-state index contributed by atoms with van der Waals surface area (Å²) in [6, 6.07) is 10.5. The van der Waals surface area contributed by atoms with E-state index in [1.807, 2.05) is 31.2 Å². The molecule has 1 heterocycles. The molecule has 0 atom stereocenters. The van der Waals surface area contributed by atoms with Crippen molar-refractivity contribution in [3.8, 4) is 0 Å². The Morgan fingerprint density at radius 1 is 1.37 bits per heavy atom. The Morgan fingerprint density at radius 3 is 2.79 bits per heavy atom. The Hall–Kier alpha value is -2.14. The van der Waals surface area contributed by atoms with E-state index in [9.17, 15) is 10.1 Å². The van der Waals surface area contributed by atoms with Crippen LogP contribution in [0.5, 0.6) is 0 Å². The van der Waals surface area contributed by atoms with Crippen LogP contribution in [0.3, 0.4) is 0 Å². The number of nitrogens with one attached hydrogen (secondary N) is 1. The van der Waals surface area contributed by atoms with Gasteiger partial charge in [0.2, 0.25) is 0 Å². The quantitative estimate of drug-likeness (QED) is 0.527. The maximum absolute atomic E-state index is 10.7. The number of aryl methyl sites for hydroxylation is 1. The zero-order valence-electron chi connectivity index (χ0n) is 10.3. The first-order valence-corrected chi connectivity index (χ1v) is 6.04. The minimum atomic E-state index is -0.494. The van der Waals surface area contributed by atoms with Crippen LogP contribution in [0.2, 0.25) is 5.15 Å². The van der Waals surface area contributed by atoms with Gasteiger partial charge >= 0.3 is 0 Å². The smallest absolute Gasteiger partial charge is 0.276 e. The van der Waals surface area contributed by atoms with Crippen molar-refractivity contribution in [2.45, 2.75) is 13.5 Å². The molecule has 2 rings (SSSR count). The second-order valence-corrected chi connectivity index (χ2v) is 4.46. The van der Waals surface area contributed by atoms with Crippen molar-refractivity contribution in [2.75, 3.05) is 5.32 Å². The molecule has 98 valence electrons. The molecular formula is C13H12ClN3O2. The number of nitro groups is 1. The first-order chi connectivity index (χ1) is 9.06. The summed E-state index contributed by atoms with van der Waals surface area (Å²) in [5.41, 5.74) is 2.17. The number of aromatic nitrogens is 1. The van der Waals surface area contributed by atoms with E-state index < -0.39 is 4.92 Å². The SMILES string of the molecule is Cc1ccccc1CNc1cc([N+](=O)[O-])cc(Cl)n1. The Kier molecular flexibility index (Phi) is 3.97. The Labute approximate surface area is 115 Å². The summed E-state index contributed by atoms with van der Waals surface area (Å²) in [7, 11) is 0. The van der Waals surface area contributed by atoms with E-state index in [-0.39, 0.29) is 10.8 Å². The average Bonchev–Trinajstić information content (AvgIpc) is 2.37. The molecule has 0 unspecified atom stereocenters. The van der Waals surface area contributed by atoms with Gasteiger partial charge in [-0.3, -0.25) is 10.1 Å². The van der Waals surface area contributed by atoms with Crippen LogP contribution in [0.15, 0.2) is 36.4 Å². The zero-order chi connectivity index (χ0) is 13.8. The van der Waals surface area contributed by atoms with E-state index in [4.69, 9.17) is 11.6 Å². The molecule has 0 bridgehead atoms. The van der Waals surface area contributed by atoms with Gasteiger partial charge in [0.05, 0.1) is 17.1 Å². The van der Waals surface area contributed by atoms with Crippen molar-refractivity contribution in [1.82, 2.24) is 4.98 Å². The number of anilines is 1. The summed E-state index contributed by atoms with van der Waals surface area (Å²) in [4.78, 5) is 14.2. The fourth-order valence-corrected chi connectivity index (χ4v) is 1.88. The highest BCUT2D eigenvalue weighted by Gasteiger charge is 2.10. The van der Waals surface area contributed by atoms with Gasteiger partial charge in [0, 0.05) is 6.54 Å². The molecule has 2 aromatic rings. The van der Waals surface area contributed by atoms with Gasteiger partial charge in [-0.2, -0.15) is 0 Å². The first-order valence-electron chi connectivity index (χ1n) is 5.66. The van der Waals surface area contributed by atoms with Gasteiger partial charge in [-0.05, 0) is 18.1 Å². The highest BCUT2D eigenvalue weighted by molar-refractivity contribution is 6.29. The standard InChI is InChI=1S/C13H12ClN3O2/c1-9-4-2-3-5-10(9)8-15-13-7-11(17(18)19)6-12(14)16-13/h2-7H,8H2,1H3,(H,15,16). The summed E-state index contributed by atoms with van der Waals surface area (Å²) in [5.74, 6) is 0.391. The molecule has 0 saturated heterocycles. The van der Waals surface area contributed by atoms with Crippen LogP contribution < -0.4 is 5.32 Å². The summed E-state index contributed by atoms with van der Waals surface area (Å²) in [6.07, 6.45) is 0. The molecule has 0 aliphatic rings. The number of hydrogen-bond acceptors (Lipinski definition) is 4. The topological polar surface area (TPSA) is 68.1 Å². The Bertz CT molecular complexity index is 617. The predicted octanol–water partition coefficient (Wildman–Crippen LogP) is 3.56. The Morgan fingerprint density at radius 2 is 2.11 bits per heavy atom. The van der Waals surface area contributed by atoms with Crippen LogP contribution in [-0.4, -0.2) is 9.91 Å². The molecule has 1 N–H and O–H groups in total. The second kappa shape index (κ2) is 5.67. The van der Waals surface area contributed by atoms with E-state index >= 15 is 0 Å². The summed E-state index contributed by atoms with van der Waals surface area (Å²) in [5, 5.41) is 13.9. The largest absolute Gasteiger partial charge is 0.366 e. The summed E-state index contributed by atoms with van der Waals surface area (Å²) >= 11 is 5.75. The first kappa shape index (κ1) is 13.3. The summed E-state index contributed by atoms with van der Waals surface area (Å²) < 4.78 is 0. The van der Waals surface area contributed by atoms with E-state index in [1.54, 1.807) is 0 Å². The van der Waals surface area contributed by atoms with E-state index in [0.717, 1.165) is 11.1 Å². The lowest BCUT2D eigenvalue weighted by atomic mass is 10.1. The number of rotatable bonds is 4. The minimum Gasteiger partial charge on any atom is -0.366 e. The van der Waals surface area contributed by atoms with Crippen LogP contribution in [0.4, 0.5) is 11.5 Å². The molecule has 0 aliphatic heterocycles. The number of benzene rings is 1. The molecular weight excluding hydrogens is 266 g/mol. The average molecular weight is 278 g/mol. The van der Waals surface area contributed by atoms with E-state index in [1.165, 1.54) is 12.1 Å². The maximum Gasteiger partial charge on any atom is 0.276 e. The molecule has 0 spiro atoms. The molecule has 5 nitrogen and oxygen atoms in total. The van der Waals surface area contributed by atoms with E-state index in [2.05, 4.69) is 10.3 Å². The third-order valence-corrected chi connectivity index (χ3v) is 2.90. The van der Waals surface area contributed by atoms with Crippen LogP contribution in [-0.2, 0) is 6.54 Å². The molecule has 0 saturated carbocycles. The van der Waals surface area contributed by atoms with Crippen LogP contribution >= 0.6 is 11.6 Å². The molecule has 0 amide bonds. The van der Waals surface area contributed by atoms with Crippen molar-refractivity contribution >= 4 is 23.1 Å². The van der Waals surface area contributed by atoms with Gasteiger partial charge in [0.1, 0.15) is 11.0 Å². The lowest BCUT2D eigenvalue weighted by Crippen LogP contribution is -2.03. The van der Waals surface area contributed by atoms with Gasteiger partial charge in [-0.15, -0.1) is 0 Å². The van der Waals surface area contributed by atoms with Gasteiger partial charge in [0.15, 0.2) is 0 Å². The molecule has 6 heteroatoms. The lowest BCUT2D eigenvalue weighted by molar-refractivity contribution is -0.384. The predicted molar refractivity (Wildman–Crippen MR) is 74.4 cm³/mol. The fourth-order valence-electron chi connectivity index (χ4n) is 1.67. The lowest BCUT2D eigenvalue weighted by Gasteiger charge is -2.08. The zero-order valence-corrected chi connectivity index (χ0v) is 11.0. The van der Waals surface area contributed by atoms with Gasteiger partial charge in [-0.1, -0.05) is 35.9 Å². The van der Waals surface area contributed by atoms with Crippen LogP contribution in [0, 0.1) is 17.0 Å². The van der Waals surface area contributed by atoms with Crippen LogP contribution in [0.25, 0.3) is 0 Å². The monoisotopic (exact) mass is 277 g/mol. The van der Waals surface area contributed by atoms with Crippen molar-refractivity contribution in [1.29, 1.82) is 0 Å². The molecule has 1 aromatic carbocycles. The number of pyridine rings is 1. The van der Waals surface area contributed by atoms with E-state index in [0.29, 0.717) is 12.4 Å². The normalized spacial score (nSPS) is 10.2. The van der Waals surface area contributed by atoms with Gasteiger partial charge in [-0.25, -0.2) is 4.98 Å². The van der Waals surface area contributed by atoms with Crippen molar-refractivity contribution in [3.63, 3.8) is 0 Å². The van der Waals surface area contributed by atoms with Crippen molar-refractivity contribution < 1.29 is 4.92 Å². The minimum absolute atomic E-state index is 0.0766. The van der Waals surface area contributed by atoms with Crippen LogP contribution in [0.1, 0.15) is 11.1 Å². The summed E-state index contributed by atoms with van der Waals surface area (Å²) in [6.45, 7) is 2.54. The number of hydrogen-bond donors (Lipinski definition) is 1. The third-order valence-electron chi connectivity index (χ3n) is 2.71. The van der Waals surface area contributed by atoms with Crippen molar-refractivity contribution in [2.24, 2.45) is 0 Å². The molecule has 0 fully saturated rings. The van der Waals surface area contributed by atoms with Gasteiger partial charge in [0.25, 0.3) is 5.69 Å². The highest BCUT2D eigenvalue weighted by Crippen LogP contribution is 2.21. The molecule has 0 aliphatic carbocycles. The maximum atomic E-state index is 10.7. The van der Waals surface area contributed by atoms with Crippen molar-refractivity contribution in [3.05, 3.63) is 62.8 Å². The number of nitrogens with zero attached hydrogens (tertiary/aromatic N) is 2.